The summed E-state index contributed by atoms with van der Waals surface area (Å²) in [6.07, 6.45) is -0.326. The highest BCUT2D eigenvalue weighted by molar-refractivity contribution is 7.99. The van der Waals surface area contributed by atoms with E-state index in [1.165, 1.54) is 0 Å². The molecular formula is C6H16N2O12S4. The Bertz CT molecular complexity index is 690. The minimum absolute atomic E-state index is 0.0341. The average Bonchev–Trinajstić information content (AvgIpc) is 2.25. The molecule has 0 aromatic rings. The summed E-state index contributed by atoms with van der Waals surface area (Å²) in [5, 5.41) is 0. The zero-order valence-electron chi connectivity index (χ0n) is 11.8. The molecule has 0 aliphatic carbocycles. The third-order valence-corrected chi connectivity index (χ3v) is 7.51. The van der Waals surface area contributed by atoms with Crippen LogP contribution in [0.25, 0.3) is 0 Å². The van der Waals surface area contributed by atoms with Crippen LogP contribution < -0.4 is 0 Å². The first-order valence-electron chi connectivity index (χ1n) is 5.93. The maximum absolute atomic E-state index is 10.8. The van der Waals surface area contributed by atoms with E-state index in [1.54, 1.807) is 0 Å². The molecule has 0 saturated carbocycles. The Morgan fingerprint density at radius 2 is 0.667 bits per heavy atom. The van der Waals surface area contributed by atoms with Crippen molar-refractivity contribution in [1.29, 1.82) is 0 Å². The van der Waals surface area contributed by atoms with Gasteiger partial charge >= 0.3 is 41.2 Å². The minimum atomic E-state index is -5.21. The van der Waals surface area contributed by atoms with Crippen molar-refractivity contribution in [3.63, 3.8) is 0 Å². The molecule has 0 amide bonds. The fraction of sp³-hybridized carbons (Fsp3) is 1.00. The molecule has 0 aromatic heterocycles. The summed E-state index contributed by atoms with van der Waals surface area (Å²) in [6, 6.07) is 0. The van der Waals surface area contributed by atoms with Gasteiger partial charge in [0.25, 0.3) is 0 Å². The second-order valence-corrected chi connectivity index (χ2v) is 10.1. The Balaban J connectivity index is 4.51. The maximum Gasteiger partial charge on any atom is 0.351 e. The summed E-state index contributed by atoms with van der Waals surface area (Å²) in [5.74, 6) is 0. The fourth-order valence-electron chi connectivity index (χ4n) is 1.53. The van der Waals surface area contributed by atoms with Gasteiger partial charge in [0, 0.05) is 13.1 Å². The van der Waals surface area contributed by atoms with Crippen LogP contribution in [0.4, 0.5) is 0 Å². The fourth-order valence-corrected chi connectivity index (χ4v) is 4.88. The van der Waals surface area contributed by atoms with Crippen LogP contribution in [0.1, 0.15) is 25.7 Å². The van der Waals surface area contributed by atoms with E-state index < -0.39 is 61.7 Å². The number of hydrogen-bond donors (Lipinski definition) is 4. The predicted octanol–water partition coefficient (Wildman–Crippen LogP) is -1.64. The lowest BCUT2D eigenvalue weighted by atomic mass is 10.2. The normalized spacial score (nSPS) is 14.4. The second-order valence-electron chi connectivity index (χ2n) is 4.32. The lowest BCUT2D eigenvalue weighted by molar-refractivity contribution is 0.367. The van der Waals surface area contributed by atoms with Crippen molar-refractivity contribution >= 4 is 41.2 Å². The van der Waals surface area contributed by atoms with Crippen molar-refractivity contribution in [1.82, 2.24) is 7.42 Å². The van der Waals surface area contributed by atoms with E-state index in [0.29, 0.717) is 0 Å². The van der Waals surface area contributed by atoms with Crippen LogP contribution >= 0.6 is 0 Å². The van der Waals surface area contributed by atoms with Gasteiger partial charge in [-0.3, -0.25) is 18.2 Å². The molecule has 0 aliphatic rings. The molecule has 0 bridgehead atoms. The molecule has 18 heteroatoms. The molecule has 0 aromatic carbocycles. The van der Waals surface area contributed by atoms with Crippen LogP contribution in [0.2, 0.25) is 0 Å². The third-order valence-electron chi connectivity index (χ3n) is 2.46. The van der Waals surface area contributed by atoms with Crippen LogP contribution in [0.15, 0.2) is 0 Å². The number of rotatable bonds is 11. The minimum Gasteiger partial charge on any atom is -0.273 e. The molecule has 0 heterocycles. The van der Waals surface area contributed by atoms with Crippen molar-refractivity contribution < 1.29 is 51.9 Å². The van der Waals surface area contributed by atoms with Gasteiger partial charge in [0.05, 0.1) is 0 Å². The quantitative estimate of drug-likeness (QED) is 0.211. The van der Waals surface area contributed by atoms with E-state index in [0.717, 1.165) is 0 Å². The Hall–Kier alpha value is -0.440. The highest BCUT2D eigenvalue weighted by Gasteiger charge is 2.31. The lowest BCUT2D eigenvalue weighted by Crippen LogP contribution is -2.37. The Morgan fingerprint density at radius 3 is 0.833 bits per heavy atom. The monoisotopic (exact) mass is 436 g/mol. The molecule has 0 rings (SSSR count). The Labute approximate surface area is 139 Å². The highest BCUT2D eigenvalue weighted by Crippen LogP contribution is 2.11. The third kappa shape index (κ3) is 8.60. The van der Waals surface area contributed by atoms with Crippen LogP contribution in [0.3, 0.4) is 0 Å². The van der Waals surface area contributed by atoms with Gasteiger partial charge in [0.15, 0.2) is 0 Å². The van der Waals surface area contributed by atoms with Crippen molar-refractivity contribution in [3.05, 3.63) is 0 Å². The zero-order valence-corrected chi connectivity index (χ0v) is 15.1. The first-order chi connectivity index (χ1) is 10.5. The van der Waals surface area contributed by atoms with Crippen molar-refractivity contribution in [2.75, 3.05) is 13.1 Å². The van der Waals surface area contributed by atoms with Crippen molar-refractivity contribution in [3.8, 4) is 0 Å². The molecule has 0 radical (unpaired) electrons. The van der Waals surface area contributed by atoms with Gasteiger partial charge < -0.3 is 0 Å². The molecule has 0 saturated heterocycles. The molecule has 146 valence electrons. The standard InChI is InChI=1S/C6H16N2O12S4/c9-21(10,11)7(22(12,13)14)5-3-1-2-4-6-8(23(15,16)17)24(18,19)20/h1-6H2,(H,9,10,11)(H,12,13,14)(H,15,16,17)(H,18,19,20). The maximum atomic E-state index is 10.8. The first kappa shape index (κ1) is 23.6. The van der Waals surface area contributed by atoms with Crippen molar-refractivity contribution in [2.24, 2.45) is 0 Å². The molecule has 4 N–H and O–H groups in total. The summed E-state index contributed by atoms with van der Waals surface area (Å²) in [4.78, 5) is 0. The van der Waals surface area contributed by atoms with Gasteiger partial charge in [-0.25, -0.2) is 0 Å². The molecule has 14 nitrogen and oxygen atoms in total. The molecular weight excluding hydrogens is 420 g/mol. The van der Waals surface area contributed by atoms with Gasteiger partial charge in [0.1, 0.15) is 0 Å². The van der Waals surface area contributed by atoms with Crippen molar-refractivity contribution in [2.45, 2.75) is 25.7 Å². The SMILES string of the molecule is O=S(=O)(O)N(CCCCCCN(S(=O)(=O)O)S(=O)(=O)O)S(=O)(=O)O. The molecule has 0 fully saturated rings. The predicted molar refractivity (Wildman–Crippen MR) is 78.1 cm³/mol. The average molecular weight is 436 g/mol. The first-order valence-corrected chi connectivity index (χ1v) is 11.5. The number of unbranched alkanes of at least 4 members (excludes halogenated alkanes) is 3. The van der Waals surface area contributed by atoms with E-state index in [-0.39, 0.29) is 25.7 Å². The topological polar surface area (TPSA) is 224 Å². The van der Waals surface area contributed by atoms with Gasteiger partial charge in [-0.15, -0.1) is 0 Å². The summed E-state index contributed by atoms with van der Waals surface area (Å²) in [6.45, 7) is -1.62. The molecule has 0 aliphatic heterocycles. The zero-order chi connectivity index (χ0) is 19.4. The Kier molecular flexibility index (Phi) is 8.14. The summed E-state index contributed by atoms with van der Waals surface area (Å²) in [5.41, 5.74) is 0. The van der Waals surface area contributed by atoms with Crippen LogP contribution in [-0.4, -0.2) is 72.4 Å². The molecule has 0 spiro atoms. The van der Waals surface area contributed by atoms with E-state index in [2.05, 4.69) is 0 Å². The largest absolute Gasteiger partial charge is 0.351 e. The van der Waals surface area contributed by atoms with E-state index in [9.17, 15) is 33.7 Å². The summed E-state index contributed by atoms with van der Waals surface area (Å²) in [7, 11) is -20.8. The van der Waals surface area contributed by atoms with Gasteiger partial charge in [-0.05, 0) is 20.3 Å². The molecule has 0 unspecified atom stereocenters. The number of nitrogens with zero attached hydrogens (tertiary/aromatic N) is 2. The lowest BCUT2D eigenvalue weighted by Gasteiger charge is -2.15. The number of hydrogen-bond acceptors (Lipinski definition) is 8. The second kappa shape index (κ2) is 8.29. The smallest absolute Gasteiger partial charge is 0.273 e. The van der Waals surface area contributed by atoms with Crippen LogP contribution in [0, 0.1) is 0 Å². The highest BCUT2D eigenvalue weighted by atomic mass is 32.3. The van der Waals surface area contributed by atoms with E-state index >= 15 is 0 Å². The van der Waals surface area contributed by atoms with Crippen LogP contribution in [-0.2, 0) is 41.2 Å². The summed E-state index contributed by atoms with van der Waals surface area (Å²) < 4.78 is 119. The molecule has 0 atom stereocenters. The van der Waals surface area contributed by atoms with Gasteiger partial charge in [-0.1, -0.05) is 12.8 Å². The van der Waals surface area contributed by atoms with E-state index in [1.807, 2.05) is 0 Å². The van der Waals surface area contributed by atoms with Crippen LogP contribution in [0.5, 0.6) is 0 Å². The Morgan fingerprint density at radius 1 is 0.458 bits per heavy atom. The van der Waals surface area contributed by atoms with Gasteiger partial charge in [0.2, 0.25) is 0 Å². The summed E-state index contributed by atoms with van der Waals surface area (Å²) >= 11 is 0. The molecule has 24 heavy (non-hydrogen) atoms. The van der Waals surface area contributed by atoms with E-state index in [4.69, 9.17) is 18.2 Å². The van der Waals surface area contributed by atoms with Gasteiger partial charge in [-0.2, -0.15) is 33.7 Å².